The highest BCUT2D eigenvalue weighted by atomic mass is 35.5. The van der Waals surface area contributed by atoms with E-state index in [0.29, 0.717) is 26.1 Å². The minimum absolute atomic E-state index is 0.195. The van der Waals surface area contributed by atoms with Gasteiger partial charge in [-0.25, -0.2) is 0 Å². The third-order valence-electron chi connectivity index (χ3n) is 7.52. The second-order valence-corrected chi connectivity index (χ2v) is 10.3. The molecule has 194 valence electrons. The van der Waals surface area contributed by atoms with Gasteiger partial charge in [0.05, 0.1) is 17.4 Å². The molecule has 5 rings (SSSR count). The normalized spacial score (nSPS) is 16.8. The Balaban J connectivity index is 1.31. The molecule has 7 heteroatoms. The van der Waals surface area contributed by atoms with Crippen molar-refractivity contribution in [2.24, 2.45) is 5.73 Å². The zero-order valence-corrected chi connectivity index (χ0v) is 22.0. The van der Waals surface area contributed by atoms with E-state index in [1.807, 2.05) is 30.3 Å². The minimum atomic E-state index is -0.195. The van der Waals surface area contributed by atoms with E-state index in [2.05, 4.69) is 62.5 Å². The number of hydrogen-bond acceptors (Lipinski definition) is 5. The van der Waals surface area contributed by atoms with Crippen LogP contribution in [0.5, 0.6) is 0 Å². The van der Waals surface area contributed by atoms with Crippen molar-refractivity contribution in [2.45, 2.75) is 25.4 Å². The van der Waals surface area contributed by atoms with Crippen LogP contribution >= 0.6 is 11.6 Å². The van der Waals surface area contributed by atoms with E-state index in [1.165, 1.54) is 16.8 Å². The first-order valence-corrected chi connectivity index (χ1v) is 13.6. The molecular formula is C30H36ClN5O. The van der Waals surface area contributed by atoms with Crippen LogP contribution in [0, 0.1) is 0 Å². The first-order valence-electron chi connectivity index (χ1n) is 13.2. The van der Waals surface area contributed by atoms with E-state index >= 15 is 0 Å². The van der Waals surface area contributed by atoms with Crippen molar-refractivity contribution in [1.82, 2.24) is 9.80 Å². The van der Waals surface area contributed by atoms with Gasteiger partial charge in [0.25, 0.3) is 0 Å². The lowest BCUT2D eigenvalue weighted by atomic mass is 9.95. The highest BCUT2D eigenvalue weighted by Crippen LogP contribution is 2.28. The summed E-state index contributed by atoms with van der Waals surface area (Å²) in [6.45, 7) is 6.07. The molecule has 1 saturated heterocycles. The molecule has 1 atom stereocenters. The van der Waals surface area contributed by atoms with Crippen LogP contribution in [0.4, 0.5) is 11.4 Å². The number of hydrogen-bond donors (Lipinski definition) is 2. The summed E-state index contributed by atoms with van der Waals surface area (Å²) in [4.78, 5) is 20.9. The highest BCUT2D eigenvalue weighted by molar-refractivity contribution is 6.30. The Morgan fingerprint density at radius 2 is 1.59 bits per heavy atom. The summed E-state index contributed by atoms with van der Waals surface area (Å²) in [5.74, 6) is 0.225. The summed E-state index contributed by atoms with van der Waals surface area (Å²) in [5.41, 5.74) is 11.8. The first kappa shape index (κ1) is 25.6. The molecule has 0 radical (unpaired) electrons. The number of anilines is 2. The van der Waals surface area contributed by atoms with E-state index in [9.17, 15) is 4.79 Å². The number of rotatable bonds is 8. The molecule has 0 spiro atoms. The topological polar surface area (TPSA) is 64.8 Å². The number of piperazine rings is 1. The van der Waals surface area contributed by atoms with Crippen molar-refractivity contribution in [3.63, 3.8) is 0 Å². The Labute approximate surface area is 225 Å². The quantitative estimate of drug-likeness (QED) is 0.472. The van der Waals surface area contributed by atoms with Crippen LogP contribution in [-0.2, 0) is 24.2 Å². The maximum absolute atomic E-state index is 14.0. The number of halogens is 1. The summed E-state index contributed by atoms with van der Waals surface area (Å²) in [7, 11) is 0. The molecule has 0 saturated carbocycles. The summed E-state index contributed by atoms with van der Waals surface area (Å²) in [6.07, 6.45) is 1.66. The molecule has 0 aliphatic carbocycles. The molecule has 0 bridgehead atoms. The number of nitrogens with one attached hydrogen (secondary N) is 1. The van der Waals surface area contributed by atoms with Gasteiger partial charge in [-0.15, -0.1) is 0 Å². The number of para-hydroxylation sites is 2. The van der Waals surface area contributed by atoms with E-state index in [0.717, 1.165) is 55.4 Å². The number of fused-ring (bicyclic) bond motifs is 1. The Hall–Kier alpha value is -3.06. The zero-order chi connectivity index (χ0) is 25.6. The van der Waals surface area contributed by atoms with Crippen molar-refractivity contribution in [3.05, 3.63) is 94.5 Å². The van der Waals surface area contributed by atoms with E-state index in [4.69, 9.17) is 17.3 Å². The molecule has 2 aliphatic heterocycles. The lowest BCUT2D eigenvalue weighted by Gasteiger charge is -2.41. The molecule has 6 nitrogen and oxygen atoms in total. The van der Waals surface area contributed by atoms with Crippen LogP contribution in [0.15, 0.2) is 72.8 Å². The van der Waals surface area contributed by atoms with Crippen LogP contribution in [0.2, 0.25) is 5.02 Å². The van der Waals surface area contributed by atoms with E-state index in [1.54, 1.807) is 0 Å². The number of carbonyl (C=O) groups excluding carboxylic acids is 1. The minimum Gasteiger partial charge on any atom is -0.382 e. The SMILES string of the molecule is NCCNc1ccccc1N1CCN(C(=O)[C@@H](Cc2ccc(Cl)cc2)N2CCc3ccccc3C2)CC1. The molecule has 37 heavy (non-hydrogen) atoms. The maximum Gasteiger partial charge on any atom is 0.240 e. The third kappa shape index (κ3) is 6.09. The van der Waals surface area contributed by atoms with E-state index < -0.39 is 0 Å². The monoisotopic (exact) mass is 517 g/mol. The standard InChI is InChI=1S/C30H36ClN5O/c31-26-11-9-23(10-12-26)21-29(36-16-13-24-5-1-2-6-25(24)22-36)30(37)35-19-17-34(18-20-35)28-8-4-3-7-27(28)33-15-14-32/h1-12,29,33H,13-22,32H2/t29-/m1/s1. The van der Waals surface area contributed by atoms with Crippen molar-refractivity contribution < 1.29 is 4.79 Å². The molecule has 3 N–H and O–H groups in total. The van der Waals surface area contributed by atoms with Crippen LogP contribution in [-0.4, -0.2) is 67.6 Å². The van der Waals surface area contributed by atoms with Gasteiger partial charge < -0.3 is 20.9 Å². The molecule has 1 amide bonds. The van der Waals surface area contributed by atoms with Crippen molar-refractivity contribution in [3.8, 4) is 0 Å². The van der Waals surface area contributed by atoms with Crippen LogP contribution in [0.1, 0.15) is 16.7 Å². The van der Waals surface area contributed by atoms with Gasteiger partial charge in [0.1, 0.15) is 0 Å². The second-order valence-electron chi connectivity index (χ2n) is 9.88. The van der Waals surface area contributed by atoms with E-state index in [-0.39, 0.29) is 11.9 Å². The smallest absolute Gasteiger partial charge is 0.240 e. The summed E-state index contributed by atoms with van der Waals surface area (Å²) in [6, 6.07) is 24.7. The Morgan fingerprint density at radius 1 is 0.892 bits per heavy atom. The number of amides is 1. The Morgan fingerprint density at radius 3 is 2.35 bits per heavy atom. The maximum atomic E-state index is 14.0. The van der Waals surface area contributed by atoms with Gasteiger partial charge in [-0.2, -0.15) is 0 Å². The summed E-state index contributed by atoms with van der Waals surface area (Å²) in [5, 5.41) is 4.15. The van der Waals surface area contributed by atoms with Crippen molar-refractivity contribution in [1.29, 1.82) is 0 Å². The summed E-state index contributed by atoms with van der Waals surface area (Å²) < 4.78 is 0. The number of benzene rings is 3. The zero-order valence-electron chi connectivity index (χ0n) is 21.3. The third-order valence-corrected chi connectivity index (χ3v) is 7.78. The lowest BCUT2D eigenvalue weighted by molar-refractivity contribution is -0.137. The fraction of sp³-hybridized carbons (Fsp3) is 0.367. The average molecular weight is 518 g/mol. The largest absolute Gasteiger partial charge is 0.382 e. The lowest BCUT2D eigenvalue weighted by Crippen LogP contribution is -2.56. The van der Waals surface area contributed by atoms with Gasteiger partial charge in [0, 0.05) is 57.4 Å². The molecular weight excluding hydrogens is 482 g/mol. The first-order chi connectivity index (χ1) is 18.1. The highest BCUT2D eigenvalue weighted by Gasteiger charge is 2.33. The average Bonchev–Trinajstić information content (AvgIpc) is 2.95. The summed E-state index contributed by atoms with van der Waals surface area (Å²) >= 11 is 6.14. The Bertz CT molecular complexity index is 1190. The second kappa shape index (κ2) is 12.0. The number of nitrogens with zero attached hydrogens (tertiary/aromatic N) is 3. The molecule has 1 fully saturated rings. The van der Waals surface area contributed by atoms with Crippen LogP contribution in [0.25, 0.3) is 0 Å². The van der Waals surface area contributed by atoms with Gasteiger partial charge in [-0.1, -0.05) is 60.1 Å². The molecule has 2 aliphatic rings. The molecule has 0 aromatic heterocycles. The number of nitrogens with two attached hydrogens (primary N) is 1. The van der Waals surface area contributed by atoms with Crippen molar-refractivity contribution in [2.75, 3.05) is 56.0 Å². The van der Waals surface area contributed by atoms with Crippen LogP contribution < -0.4 is 16.0 Å². The van der Waals surface area contributed by atoms with Crippen LogP contribution in [0.3, 0.4) is 0 Å². The van der Waals surface area contributed by atoms with Gasteiger partial charge in [0.2, 0.25) is 5.91 Å². The predicted molar refractivity (Wildman–Crippen MR) is 152 cm³/mol. The molecule has 3 aromatic rings. The molecule has 2 heterocycles. The fourth-order valence-corrected chi connectivity index (χ4v) is 5.61. The van der Waals surface area contributed by atoms with Gasteiger partial charge in [-0.05, 0) is 53.8 Å². The molecule has 0 unspecified atom stereocenters. The van der Waals surface area contributed by atoms with Gasteiger partial charge in [-0.3, -0.25) is 9.69 Å². The Kier molecular flexibility index (Phi) is 8.29. The fourth-order valence-electron chi connectivity index (χ4n) is 5.48. The number of carbonyl (C=O) groups is 1. The van der Waals surface area contributed by atoms with Gasteiger partial charge >= 0.3 is 0 Å². The van der Waals surface area contributed by atoms with Gasteiger partial charge in [0.15, 0.2) is 0 Å². The van der Waals surface area contributed by atoms with Crippen molar-refractivity contribution >= 4 is 28.9 Å². The molecule has 3 aromatic carbocycles. The predicted octanol–water partition coefficient (Wildman–Crippen LogP) is 4.03.